The van der Waals surface area contributed by atoms with Crippen molar-refractivity contribution in [2.24, 2.45) is 0 Å². The molecule has 2 N–H and O–H groups in total. The second kappa shape index (κ2) is 4.78. The number of hydrogen-bond acceptors (Lipinski definition) is 2. The Bertz CT molecular complexity index is 664. The van der Waals surface area contributed by atoms with Crippen LogP contribution in [0, 0.1) is 13.8 Å². The van der Waals surface area contributed by atoms with E-state index in [0.717, 1.165) is 16.7 Å². The van der Waals surface area contributed by atoms with Gasteiger partial charge in [0, 0.05) is 5.56 Å². The largest absolute Gasteiger partial charge is 0.477 e. The molecule has 1 heterocycles. The molecule has 0 spiro atoms. The van der Waals surface area contributed by atoms with E-state index in [9.17, 15) is 9.90 Å². The molecule has 2 aromatic rings. The van der Waals surface area contributed by atoms with E-state index in [4.69, 9.17) is 0 Å². The predicted molar refractivity (Wildman–Crippen MR) is 79.2 cm³/mol. The number of aromatic carboxylic acids is 1. The number of carboxylic acids is 1. The fraction of sp³-hybridized carbons (Fsp3) is 0.375. The van der Waals surface area contributed by atoms with Gasteiger partial charge in [-0.05, 0) is 36.5 Å². The summed E-state index contributed by atoms with van der Waals surface area (Å²) in [5, 5.41) is 9.29. The van der Waals surface area contributed by atoms with Crippen molar-refractivity contribution in [3.8, 4) is 11.3 Å². The Hall–Kier alpha value is -2.10. The lowest BCUT2D eigenvalue weighted by atomic mass is 9.85. The van der Waals surface area contributed by atoms with E-state index in [1.54, 1.807) is 6.92 Å². The monoisotopic (exact) mass is 272 g/mol. The first kappa shape index (κ1) is 14.3. The van der Waals surface area contributed by atoms with Gasteiger partial charge < -0.3 is 10.1 Å². The number of imidazole rings is 1. The van der Waals surface area contributed by atoms with Crippen molar-refractivity contribution >= 4 is 5.97 Å². The number of aromatic nitrogens is 2. The summed E-state index contributed by atoms with van der Waals surface area (Å²) < 4.78 is 0. The van der Waals surface area contributed by atoms with Gasteiger partial charge in [0.15, 0.2) is 5.69 Å². The molecule has 0 fully saturated rings. The first-order valence-corrected chi connectivity index (χ1v) is 6.61. The summed E-state index contributed by atoms with van der Waals surface area (Å²) in [6.45, 7) is 10.1. The van der Waals surface area contributed by atoms with Crippen LogP contribution in [0.3, 0.4) is 0 Å². The molecule has 0 radical (unpaired) electrons. The third-order valence-corrected chi connectivity index (χ3v) is 3.39. The van der Waals surface area contributed by atoms with Crippen LogP contribution in [-0.4, -0.2) is 21.0 Å². The molecule has 0 bridgehead atoms. The minimum atomic E-state index is -0.985. The number of nitrogens with one attached hydrogen (secondary N) is 1. The average Bonchev–Trinajstić information content (AvgIpc) is 2.70. The molecular weight excluding hydrogens is 252 g/mol. The number of aryl methyl sites for hydroxylation is 2. The summed E-state index contributed by atoms with van der Waals surface area (Å²) >= 11 is 0. The van der Waals surface area contributed by atoms with Gasteiger partial charge in [-0.15, -0.1) is 0 Å². The highest BCUT2D eigenvalue weighted by Gasteiger charge is 2.21. The van der Waals surface area contributed by atoms with Gasteiger partial charge in [0.25, 0.3) is 0 Å². The van der Waals surface area contributed by atoms with Crippen LogP contribution in [0.2, 0.25) is 0 Å². The van der Waals surface area contributed by atoms with Gasteiger partial charge in [-0.1, -0.05) is 32.9 Å². The Kier molecular flexibility index (Phi) is 3.42. The van der Waals surface area contributed by atoms with Crippen LogP contribution in [0.1, 0.15) is 48.2 Å². The van der Waals surface area contributed by atoms with Crippen molar-refractivity contribution < 1.29 is 9.90 Å². The van der Waals surface area contributed by atoms with Crippen molar-refractivity contribution in [1.29, 1.82) is 0 Å². The van der Waals surface area contributed by atoms with Crippen LogP contribution < -0.4 is 0 Å². The SMILES string of the molecule is Cc1nc(-c2cc(C(C)(C)C)ccc2C)c(C(=O)O)[nH]1. The van der Waals surface area contributed by atoms with Gasteiger partial charge in [0.05, 0.1) is 0 Å². The molecule has 4 heteroatoms. The van der Waals surface area contributed by atoms with Crippen LogP contribution in [-0.2, 0) is 5.41 Å². The van der Waals surface area contributed by atoms with Crippen LogP contribution in [0.4, 0.5) is 0 Å². The lowest BCUT2D eigenvalue weighted by Gasteiger charge is -2.20. The molecule has 0 saturated carbocycles. The highest BCUT2D eigenvalue weighted by molar-refractivity contribution is 5.93. The van der Waals surface area contributed by atoms with E-state index >= 15 is 0 Å². The summed E-state index contributed by atoms with van der Waals surface area (Å²) in [5.41, 5.74) is 3.73. The molecule has 0 saturated heterocycles. The highest BCUT2D eigenvalue weighted by atomic mass is 16.4. The van der Waals surface area contributed by atoms with E-state index in [1.807, 2.05) is 19.1 Å². The third-order valence-electron chi connectivity index (χ3n) is 3.39. The minimum absolute atomic E-state index is 0.0111. The molecule has 4 nitrogen and oxygen atoms in total. The number of carboxylic acid groups (broad SMARTS) is 1. The Labute approximate surface area is 118 Å². The summed E-state index contributed by atoms with van der Waals surface area (Å²) in [4.78, 5) is 18.5. The second-order valence-electron chi connectivity index (χ2n) is 6.13. The molecular formula is C16H20N2O2. The zero-order chi connectivity index (χ0) is 15.1. The fourth-order valence-corrected chi connectivity index (χ4v) is 2.18. The van der Waals surface area contributed by atoms with Crippen molar-refractivity contribution in [2.75, 3.05) is 0 Å². The van der Waals surface area contributed by atoms with E-state index in [-0.39, 0.29) is 11.1 Å². The Morgan fingerprint density at radius 1 is 1.25 bits per heavy atom. The van der Waals surface area contributed by atoms with E-state index in [1.165, 1.54) is 0 Å². The van der Waals surface area contributed by atoms with Crippen molar-refractivity contribution in [2.45, 2.75) is 40.0 Å². The number of benzene rings is 1. The van der Waals surface area contributed by atoms with E-state index < -0.39 is 5.97 Å². The van der Waals surface area contributed by atoms with Crippen molar-refractivity contribution in [3.63, 3.8) is 0 Å². The number of rotatable bonds is 2. The topological polar surface area (TPSA) is 66.0 Å². The van der Waals surface area contributed by atoms with Gasteiger partial charge in [0.2, 0.25) is 0 Å². The molecule has 1 aromatic carbocycles. The quantitative estimate of drug-likeness (QED) is 0.876. The fourth-order valence-electron chi connectivity index (χ4n) is 2.18. The maximum Gasteiger partial charge on any atom is 0.354 e. The summed E-state index contributed by atoms with van der Waals surface area (Å²) in [7, 11) is 0. The molecule has 0 atom stereocenters. The van der Waals surface area contributed by atoms with Gasteiger partial charge >= 0.3 is 5.97 Å². The van der Waals surface area contributed by atoms with Gasteiger partial charge in [-0.3, -0.25) is 0 Å². The zero-order valence-corrected chi connectivity index (χ0v) is 12.5. The molecule has 2 rings (SSSR count). The Morgan fingerprint density at radius 3 is 2.45 bits per heavy atom. The molecule has 20 heavy (non-hydrogen) atoms. The molecule has 0 unspecified atom stereocenters. The van der Waals surface area contributed by atoms with Gasteiger partial charge in [-0.2, -0.15) is 0 Å². The smallest absolute Gasteiger partial charge is 0.354 e. The second-order valence-corrected chi connectivity index (χ2v) is 6.13. The number of H-pyrrole nitrogens is 1. The lowest BCUT2D eigenvalue weighted by Crippen LogP contribution is -2.11. The predicted octanol–water partition coefficient (Wildman–Crippen LogP) is 3.69. The van der Waals surface area contributed by atoms with Gasteiger partial charge in [-0.25, -0.2) is 9.78 Å². The molecule has 1 aromatic heterocycles. The number of hydrogen-bond donors (Lipinski definition) is 2. The normalized spacial score (nSPS) is 11.7. The Balaban J connectivity index is 2.66. The molecule has 0 aliphatic rings. The van der Waals surface area contributed by atoms with Crippen LogP contribution in [0.25, 0.3) is 11.3 Å². The molecule has 0 aliphatic heterocycles. The number of nitrogens with zero attached hydrogens (tertiary/aromatic N) is 1. The van der Waals surface area contributed by atoms with Crippen LogP contribution in [0.5, 0.6) is 0 Å². The summed E-state index contributed by atoms with van der Waals surface area (Å²) in [6.07, 6.45) is 0. The lowest BCUT2D eigenvalue weighted by molar-refractivity contribution is 0.0692. The maximum absolute atomic E-state index is 11.3. The van der Waals surface area contributed by atoms with E-state index in [2.05, 4.69) is 36.8 Å². The van der Waals surface area contributed by atoms with Crippen molar-refractivity contribution in [1.82, 2.24) is 9.97 Å². The van der Waals surface area contributed by atoms with Gasteiger partial charge in [0.1, 0.15) is 11.5 Å². The minimum Gasteiger partial charge on any atom is -0.477 e. The molecule has 106 valence electrons. The molecule has 0 amide bonds. The number of aromatic amines is 1. The summed E-state index contributed by atoms with van der Waals surface area (Å²) in [6, 6.07) is 6.14. The standard InChI is InChI=1S/C16H20N2O2/c1-9-6-7-11(16(3,4)5)8-12(9)13-14(15(19)20)18-10(2)17-13/h6-8H,1-5H3,(H,17,18)(H,19,20). The zero-order valence-electron chi connectivity index (χ0n) is 12.5. The first-order valence-electron chi connectivity index (χ1n) is 6.61. The first-order chi connectivity index (χ1) is 9.20. The maximum atomic E-state index is 11.3. The average molecular weight is 272 g/mol. The highest BCUT2D eigenvalue weighted by Crippen LogP contribution is 2.31. The van der Waals surface area contributed by atoms with E-state index in [0.29, 0.717) is 11.5 Å². The van der Waals surface area contributed by atoms with Crippen LogP contribution >= 0.6 is 0 Å². The number of carbonyl (C=O) groups is 1. The third kappa shape index (κ3) is 2.59. The Morgan fingerprint density at radius 2 is 1.90 bits per heavy atom. The van der Waals surface area contributed by atoms with Crippen molar-refractivity contribution in [3.05, 3.63) is 40.8 Å². The molecule has 0 aliphatic carbocycles. The van der Waals surface area contributed by atoms with Crippen LogP contribution in [0.15, 0.2) is 18.2 Å². The summed E-state index contributed by atoms with van der Waals surface area (Å²) in [5.74, 6) is -0.376.